The molecule has 0 saturated heterocycles. The van der Waals surface area contributed by atoms with Gasteiger partial charge in [0.15, 0.2) is 0 Å². The van der Waals surface area contributed by atoms with Crippen LogP contribution in [0.25, 0.3) is 0 Å². The molecule has 0 aromatic heterocycles. The Morgan fingerprint density at radius 3 is 2.24 bits per heavy atom. The summed E-state index contributed by atoms with van der Waals surface area (Å²) in [6, 6.07) is 15.4. The number of rotatable bonds is 3. The van der Waals surface area contributed by atoms with E-state index in [1.807, 2.05) is 48.5 Å². The van der Waals surface area contributed by atoms with Gasteiger partial charge in [0.1, 0.15) is 5.75 Å². The van der Waals surface area contributed by atoms with Crippen molar-refractivity contribution in [2.24, 2.45) is 0 Å². The highest BCUT2D eigenvalue weighted by molar-refractivity contribution is 5.72. The monoisotopic (exact) mass is 249 g/mol. The van der Waals surface area contributed by atoms with Crippen molar-refractivity contribution >= 4 is 17.1 Å². The molecule has 2 rings (SSSR count). The van der Waals surface area contributed by atoms with Crippen molar-refractivity contribution in [3.8, 4) is 5.75 Å². The normalized spacial score (nSPS) is 9.24. The summed E-state index contributed by atoms with van der Waals surface area (Å²) < 4.78 is 5.09. The Morgan fingerprint density at radius 2 is 1.65 bits per heavy atom. The van der Waals surface area contributed by atoms with Crippen molar-refractivity contribution in [1.29, 1.82) is 0 Å². The minimum atomic E-state index is 0. The molecule has 2 aromatic rings. The van der Waals surface area contributed by atoms with E-state index >= 15 is 0 Å². The molecule has 0 spiro atoms. The van der Waals surface area contributed by atoms with E-state index < -0.39 is 0 Å². The first-order valence-electron chi connectivity index (χ1n) is 5.05. The van der Waals surface area contributed by atoms with Crippen LogP contribution in [-0.2, 0) is 0 Å². The summed E-state index contributed by atoms with van der Waals surface area (Å²) in [7, 11) is 1.65. The number of halogens is 1. The molecule has 0 bridgehead atoms. The minimum Gasteiger partial charge on any atom is -1.00 e. The van der Waals surface area contributed by atoms with Crippen molar-refractivity contribution in [3.63, 3.8) is 0 Å². The summed E-state index contributed by atoms with van der Waals surface area (Å²) in [5, 5.41) is 3.24. The quantitative estimate of drug-likeness (QED) is 0.755. The molecule has 0 aliphatic carbocycles. The molecule has 3 nitrogen and oxygen atoms in total. The van der Waals surface area contributed by atoms with Crippen LogP contribution in [0.3, 0.4) is 0 Å². The Kier molecular flexibility index (Phi) is 4.67. The van der Waals surface area contributed by atoms with Gasteiger partial charge in [0.25, 0.3) is 0 Å². The molecule has 0 fully saturated rings. The summed E-state index contributed by atoms with van der Waals surface area (Å²) in [6.07, 6.45) is 0. The second kappa shape index (κ2) is 6.01. The van der Waals surface area contributed by atoms with Crippen LogP contribution >= 0.6 is 0 Å². The first-order valence-corrected chi connectivity index (χ1v) is 5.05. The van der Waals surface area contributed by atoms with Gasteiger partial charge in [0.2, 0.25) is 0 Å². The lowest BCUT2D eigenvalue weighted by Gasteiger charge is -2.09. The number of nitrogens with two attached hydrogens (primary N) is 1. The van der Waals surface area contributed by atoms with E-state index in [4.69, 9.17) is 10.5 Å². The van der Waals surface area contributed by atoms with Gasteiger partial charge < -0.3 is 28.2 Å². The van der Waals surface area contributed by atoms with Crippen LogP contribution in [-0.4, -0.2) is 7.11 Å². The van der Waals surface area contributed by atoms with Crippen LogP contribution in [0, 0.1) is 0 Å². The Labute approximate surface area is 107 Å². The summed E-state index contributed by atoms with van der Waals surface area (Å²) in [4.78, 5) is 0. The maximum absolute atomic E-state index is 5.84. The van der Waals surface area contributed by atoms with Crippen LogP contribution in [0.15, 0.2) is 48.5 Å². The van der Waals surface area contributed by atoms with Gasteiger partial charge in [-0.3, -0.25) is 0 Å². The largest absolute Gasteiger partial charge is 1.00 e. The third kappa shape index (κ3) is 3.29. The lowest BCUT2D eigenvalue weighted by atomic mass is 10.2. The molecule has 17 heavy (non-hydrogen) atoms. The van der Waals surface area contributed by atoms with E-state index in [1.165, 1.54) is 0 Å². The summed E-state index contributed by atoms with van der Waals surface area (Å²) >= 11 is 0. The van der Waals surface area contributed by atoms with Gasteiger partial charge in [-0.1, -0.05) is 12.1 Å². The molecule has 2 aromatic carbocycles. The van der Waals surface area contributed by atoms with Crippen molar-refractivity contribution in [3.05, 3.63) is 48.5 Å². The minimum absolute atomic E-state index is 0. The van der Waals surface area contributed by atoms with E-state index in [0.29, 0.717) is 0 Å². The highest BCUT2D eigenvalue weighted by Crippen LogP contribution is 2.23. The third-order valence-corrected chi connectivity index (χ3v) is 2.33. The average molecular weight is 250 g/mol. The van der Waals surface area contributed by atoms with Crippen LogP contribution in [0.4, 0.5) is 17.1 Å². The Balaban J connectivity index is 0.00000144. The molecule has 0 unspecified atom stereocenters. The Morgan fingerprint density at radius 1 is 1.00 bits per heavy atom. The maximum Gasteiger partial charge on any atom is 0.119 e. The van der Waals surface area contributed by atoms with E-state index in [0.717, 1.165) is 22.8 Å². The predicted molar refractivity (Wildman–Crippen MR) is 67.1 cm³/mol. The molecule has 4 heteroatoms. The van der Waals surface area contributed by atoms with Crippen molar-refractivity contribution in [2.75, 3.05) is 18.2 Å². The molecule has 0 heterocycles. The van der Waals surface area contributed by atoms with Gasteiger partial charge in [-0.25, -0.2) is 0 Å². The molecule has 0 saturated carbocycles. The van der Waals surface area contributed by atoms with Crippen LogP contribution in [0.2, 0.25) is 0 Å². The van der Waals surface area contributed by atoms with Gasteiger partial charge in [-0.15, -0.1) is 0 Å². The molecule has 0 aliphatic rings. The third-order valence-electron chi connectivity index (χ3n) is 2.33. The van der Waals surface area contributed by atoms with Crippen LogP contribution < -0.4 is 28.2 Å². The first-order chi connectivity index (χ1) is 7.79. The fourth-order valence-corrected chi connectivity index (χ4v) is 1.44. The van der Waals surface area contributed by atoms with E-state index in [2.05, 4.69) is 5.32 Å². The number of ether oxygens (including phenoxy) is 1. The number of methoxy groups -OCH3 is 1. The van der Waals surface area contributed by atoms with E-state index in [1.54, 1.807) is 7.11 Å². The summed E-state index contributed by atoms with van der Waals surface area (Å²) in [6.45, 7) is 0. The van der Waals surface area contributed by atoms with Gasteiger partial charge in [-0.2, -0.15) is 0 Å². The van der Waals surface area contributed by atoms with Crippen molar-refractivity contribution in [2.45, 2.75) is 0 Å². The smallest absolute Gasteiger partial charge is 0.119 e. The molecule has 0 amide bonds. The van der Waals surface area contributed by atoms with Crippen LogP contribution in [0.1, 0.15) is 0 Å². The molecular weight excluding hydrogens is 236 g/mol. The predicted octanol–water partition coefficient (Wildman–Crippen LogP) is 0.0250. The second-order valence-corrected chi connectivity index (χ2v) is 3.44. The zero-order valence-corrected chi connectivity index (χ0v) is 10.2. The number of nitrogen functional groups attached to an aromatic ring is 1. The second-order valence-electron chi connectivity index (χ2n) is 3.44. The number of hydrogen-bond donors (Lipinski definition) is 2. The topological polar surface area (TPSA) is 47.3 Å². The fraction of sp³-hybridized carbons (Fsp3) is 0.0769. The lowest BCUT2D eigenvalue weighted by Crippen LogP contribution is -3.00. The molecule has 3 N–H and O–H groups in total. The zero-order chi connectivity index (χ0) is 11.4. The molecule has 0 radical (unpaired) electrons. The van der Waals surface area contributed by atoms with Crippen molar-refractivity contribution in [1.82, 2.24) is 0 Å². The van der Waals surface area contributed by atoms with Crippen LogP contribution in [0.5, 0.6) is 5.75 Å². The van der Waals surface area contributed by atoms with Crippen molar-refractivity contribution < 1.29 is 17.1 Å². The average Bonchev–Trinajstić information content (AvgIpc) is 2.33. The highest BCUT2D eigenvalue weighted by atomic mass is 35.5. The zero-order valence-electron chi connectivity index (χ0n) is 9.48. The SMILES string of the molecule is COc1ccc(Nc2ccccc2N)cc1.[Cl-]. The molecule has 0 atom stereocenters. The fourth-order valence-electron chi connectivity index (χ4n) is 1.44. The van der Waals surface area contributed by atoms with Gasteiger partial charge in [0.05, 0.1) is 18.5 Å². The number of hydrogen-bond acceptors (Lipinski definition) is 3. The van der Waals surface area contributed by atoms with Gasteiger partial charge >= 0.3 is 0 Å². The summed E-state index contributed by atoms with van der Waals surface area (Å²) in [5.41, 5.74) is 8.47. The number of benzene rings is 2. The molecule has 90 valence electrons. The Bertz CT molecular complexity index is 471. The van der Waals surface area contributed by atoms with Gasteiger partial charge in [0, 0.05) is 5.69 Å². The number of anilines is 3. The molecular formula is C13H14ClN2O-. The number of para-hydroxylation sites is 2. The summed E-state index contributed by atoms with van der Waals surface area (Å²) in [5.74, 6) is 0.839. The van der Waals surface area contributed by atoms with Gasteiger partial charge in [-0.05, 0) is 36.4 Å². The van der Waals surface area contributed by atoms with E-state index in [-0.39, 0.29) is 12.4 Å². The first kappa shape index (κ1) is 13.2. The lowest BCUT2D eigenvalue weighted by molar-refractivity contribution is -0.00000352. The van der Waals surface area contributed by atoms with E-state index in [9.17, 15) is 0 Å². The Hall–Kier alpha value is -1.87. The highest BCUT2D eigenvalue weighted by Gasteiger charge is 1.98. The maximum atomic E-state index is 5.84. The number of nitrogens with one attached hydrogen (secondary N) is 1. The molecule has 0 aliphatic heterocycles. The standard InChI is InChI=1S/C13H14N2O.ClH/c1-16-11-8-6-10(7-9-11)15-13-5-3-2-4-12(13)14;/h2-9,15H,14H2,1H3;1H/p-1.